The van der Waals surface area contributed by atoms with Gasteiger partial charge in [-0.2, -0.15) is 0 Å². The molecule has 0 saturated carbocycles. The number of carbonyl (C=O) groups is 1. The number of hydrogen-bond acceptors (Lipinski definition) is 2. The van der Waals surface area contributed by atoms with Crippen LogP contribution in [0.5, 0.6) is 0 Å². The summed E-state index contributed by atoms with van der Waals surface area (Å²) >= 11 is 0. The predicted octanol–water partition coefficient (Wildman–Crippen LogP) is 3.94. The highest BCUT2D eigenvalue weighted by Crippen LogP contribution is 2.22. The number of carbonyl (C=O) groups excluding carboxylic acids is 1. The van der Waals surface area contributed by atoms with Crippen LogP contribution in [0.15, 0.2) is 42.5 Å². The fraction of sp³-hybridized carbons (Fsp3) is 0.278. The maximum atomic E-state index is 13.0. The topological polar surface area (TPSA) is 46.3 Å². The first-order chi connectivity index (χ1) is 10.0. The third-order valence-corrected chi connectivity index (χ3v) is 3.59. The molecule has 0 radical (unpaired) electrons. The summed E-state index contributed by atoms with van der Waals surface area (Å²) in [5.41, 5.74) is 10.1. The fourth-order valence-electron chi connectivity index (χ4n) is 2.51. The van der Waals surface area contributed by atoms with Crippen LogP contribution in [0, 0.1) is 13.8 Å². The Kier molecular flexibility index (Phi) is 4.63. The Balaban J connectivity index is 2.42. The van der Waals surface area contributed by atoms with E-state index >= 15 is 0 Å². The highest BCUT2D eigenvalue weighted by Gasteiger charge is 2.20. The van der Waals surface area contributed by atoms with E-state index in [-0.39, 0.29) is 5.91 Å². The molecule has 0 aliphatic heterocycles. The molecule has 2 N–H and O–H groups in total. The molecule has 0 saturated heterocycles. The van der Waals surface area contributed by atoms with E-state index in [1.165, 1.54) is 0 Å². The zero-order valence-electron chi connectivity index (χ0n) is 12.9. The lowest BCUT2D eigenvalue weighted by Gasteiger charge is -2.24. The molecular formula is C18H22N2O. The Morgan fingerprint density at radius 2 is 1.62 bits per heavy atom. The average Bonchev–Trinajstić information content (AvgIpc) is 2.45. The van der Waals surface area contributed by atoms with Crippen LogP contribution in [0.2, 0.25) is 0 Å². The summed E-state index contributed by atoms with van der Waals surface area (Å²) in [7, 11) is 0. The molecule has 0 fully saturated rings. The molecule has 2 rings (SSSR count). The van der Waals surface area contributed by atoms with Gasteiger partial charge in [0.2, 0.25) is 0 Å². The number of nitrogens with two attached hydrogens (primary N) is 1. The molecule has 0 heterocycles. The van der Waals surface area contributed by atoms with E-state index < -0.39 is 0 Å². The first kappa shape index (κ1) is 15.1. The summed E-state index contributed by atoms with van der Waals surface area (Å²) in [6, 6.07) is 13.4. The predicted molar refractivity (Wildman–Crippen MR) is 88.7 cm³/mol. The molecule has 110 valence electrons. The third-order valence-electron chi connectivity index (χ3n) is 3.59. The molecule has 0 spiro atoms. The molecule has 3 heteroatoms. The summed E-state index contributed by atoms with van der Waals surface area (Å²) < 4.78 is 0. The first-order valence-electron chi connectivity index (χ1n) is 7.28. The van der Waals surface area contributed by atoms with E-state index in [4.69, 9.17) is 5.73 Å². The van der Waals surface area contributed by atoms with Crippen LogP contribution < -0.4 is 10.6 Å². The molecule has 1 amide bonds. The van der Waals surface area contributed by atoms with Crippen molar-refractivity contribution in [2.24, 2.45) is 0 Å². The SMILES string of the molecule is CCCN(C(=O)c1c(C)cccc1C)c1ccc(N)cc1. The quantitative estimate of drug-likeness (QED) is 0.863. The minimum atomic E-state index is 0.0530. The van der Waals surface area contributed by atoms with Gasteiger partial charge in [-0.15, -0.1) is 0 Å². The smallest absolute Gasteiger partial charge is 0.258 e. The normalized spacial score (nSPS) is 10.4. The molecule has 0 unspecified atom stereocenters. The van der Waals surface area contributed by atoms with E-state index in [2.05, 4.69) is 6.92 Å². The second-order valence-electron chi connectivity index (χ2n) is 5.32. The number of rotatable bonds is 4. The van der Waals surface area contributed by atoms with Gasteiger partial charge in [0.25, 0.3) is 5.91 Å². The fourth-order valence-corrected chi connectivity index (χ4v) is 2.51. The molecule has 21 heavy (non-hydrogen) atoms. The lowest BCUT2D eigenvalue weighted by atomic mass is 10.0. The maximum Gasteiger partial charge on any atom is 0.258 e. The van der Waals surface area contributed by atoms with Crippen LogP contribution in [0.3, 0.4) is 0 Å². The second kappa shape index (κ2) is 6.44. The van der Waals surface area contributed by atoms with Gasteiger partial charge in [-0.3, -0.25) is 4.79 Å². The van der Waals surface area contributed by atoms with Gasteiger partial charge >= 0.3 is 0 Å². The average molecular weight is 282 g/mol. The van der Waals surface area contributed by atoms with Gasteiger partial charge in [0.05, 0.1) is 0 Å². The Morgan fingerprint density at radius 3 is 2.14 bits per heavy atom. The molecule has 2 aromatic carbocycles. The van der Waals surface area contributed by atoms with E-state index in [9.17, 15) is 4.79 Å². The summed E-state index contributed by atoms with van der Waals surface area (Å²) in [5, 5.41) is 0. The van der Waals surface area contributed by atoms with Crippen molar-refractivity contribution < 1.29 is 4.79 Å². The van der Waals surface area contributed by atoms with Gasteiger partial charge in [-0.1, -0.05) is 25.1 Å². The van der Waals surface area contributed by atoms with Gasteiger partial charge < -0.3 is 10.6 Å². The summed E-state index contributed by atoms with van der Waals surface area (Å²) in [6.07, 6.45) is 0.904. The minimum Gasteiger partial charge on any atom is -0.399 e. The largest absolute Gasteiger partial charge is 0.399 e. The van der Waals surface area contributed by atoms with E-state index in [1.807, 2.05) is 61.2 Å². The molecule has 0 bridgehead atoms. The number of hydrogen-bond donors (Lipinski definition) is 1. The number of amides is 1. The monoisotopic (exact) mass is 282 g/mol. The minimum absolute atomic E-state index is 0.0530. The van der Waals surface area contributed by atoms with Gasteiger partial charge in [0.1, 0.15) is 0 Å². The van der Waals surface area contributed by atoms with E-state index in [0.717, 1.165) is 28.8 Å². The molecule has 0 aromatic heterocycles. The zero-order chi connectivity index (χ0) is 15.4. The Hall–Kier alpha value is -2.29. The summed E-state index contributed by atoms with van der Waals surface area (Å²) in [5.74, 6) is 0.0530. The van der Waals surface area contributed by atoms with Gasteiger partial charge in [-0.05, 0) is 55.7 Å². The molecule has 2 aromatic rings. The molecule has 0 aliphatic rings. The Labute approximate surface area is 126 Å². The third kappa shape index (κ3) is 3.24. The van der Waals surface area contributed by atoms with Crippen molar-refractivity contribution in [2.45, 2.75) is 27.2 Å². The maximum absolute atomic E-state index is 13.0. The van der Waals surface area contributed by atoms with Gasteiger partial charge in [0.15, 0.2) is 0 Å². The van der Waals surface area contributed by atoms with Crippen molar-refractivity contribution in [3.05, 3.63) is 59.2 Å². The number of nitrogens with zero attached hydrogens (tertiary/aromatic N) is 1. The molecule has 0 atom stereocenters. The number of aryl methyl sites for hydroxylation is 2. The Morgan fingerprint density at radius 1 is 1.05 bits per heavy atom. The second-order valence-corrected chi connectivity index (χ2v) is 5.32. The van der Waals surface area contributed by atoms with Crippen LogP contribution in [0.25, 0.3) is 0 Å². The van der Waals surface area contributed by atoms with Crippen LogP contribution in [0.4, 0.5) is 11.4 Å². The van der Waals surface area contributed by atoms with E-state index in [1.54, 1.807) is 0 Å². The van der Waals surface area contributed by atoms with E-state index in [0.29, 0.717) is 12.2 Å². The van der Waals surface area contributed by atoms with Crippen molar-refractivity contribution in [1.82, 2.24) is 0 Å². The van der Waals surface area contributed by atoms with Crippen molar-refractivity contribution in [1.29, 1.82) is 0 Å². The summed E-state index contributed by atoms with van der Waals surface area (Å²) in [6.45, 7) is 6.72. The van der Waals surface area contributed by atoms with Crippen LogP contribution in [0.1, 0.15) is 34.8 Å². The van der Waals surface area contributed by atoms with Crippen LogP contribution in [-0.2, 0) is 0 Å². The summed E-state index contributed by atoms with van der Waals surface area (Å²) in [4.78, 5) is 14.8. The lowest BCUT2D eigenvalue weighted by Crippen LogP contribution is -2.32. The van der Waals surface area contributed by atoms with Crippen LogP contribution >= 0.6 is 0 Å². The van der Waals surface area contributed by atoms with Gasteiger partial charge in [-0.25, -0.2) is 0 Å². The standard InChI is InChI=1S/C18H22N2O/c1-4-12-20(16-10-8-15(19)9-11-16)18(21)17-13(2)6-5-7-14(17)3/h5-11H,4,12,19H2,1-3H3. The van der Waals surface area contributed by atoms with Crippen molar-refractivity contribution in [2.75, 3.05) is 17.2 Å². The van der Waals surface area contributed by atoms with Crippen molar-refractivity contribution in [3.63, 3.8) is 0 Å². The molecular weight excluding hydrogens is 260 g/mol. The van der Waals surface area contributed by atoms with Gasteiger partial charge in [0, 0.05) is 23.5 Å². The first-order valence-corrected chi connectivity index (χ1v) is 7.28. The molecule has 0 aliphatic carbocycles. The number of anilines is 2. The molecule has 3 nitrogen and oxygen atoms in total. The van der Waals surface area contributed by atoms with Crippen molar-refractivity contribution >= 4 is 17.3 Å². The van der Waals surface area contributed by atoms with Crippen molar-refractivity contribution in [3.8, 4) is 0 Å². The Bertz CT molecular complexity index is 612. The number of benzene rings is 2. The zero-order valence-corrected chi connectivity index (χ0v) is 12.9. The highest BCUT2D eigenvalue weighted by molar-refractivity contribution is 6.08. The highest BCUT2D eigenvalue weighted by atomic mass is 16.2. The van der Waals surface area contributed by atoms with Crippen LogP contribution in [-0.4, -0.2) is 12.5 Å². The lowest BCUT2D eigenvalue weighted by molar-refractivity contribution is 0.0985. The number of nitrogen functional groups attached to an aromatic ring is 1.